The van der Waals surface area contributed by atoms with Gasteiger partial charge in [-0.15, -0.1) is 0 Å². The second-order valence-electron chi connectivity index (χ2n) is 6.27. The number of amides is 1. The third-order valence-electron chi connectivity index (χ3n) is 4.15. The van der Waals surface area contributed by atoms with Crippen molar-refractivity contribution in [3.63, 3.8) is 0 Å². The molecule has 0 aliphatic rings. The van der Waals surface area contributed by atoms with E-state index in [0.29, 0.717) is 29.4 Å². The van der Waals surface area contributed by atoms with Crippen molar-refractivity contribution in [2.45, 2.75) is 26.2 Å². The molecule has 8 heteroatoms. The molecule has 2 aromatic rings. The second-order valence-corrected chi connectivity index (χ2v) is 6.27. The molecule has 0 spiro atoms. The number of methoxy groups -OCH3 is 3. The minimum atomic E-state index is -0.571. The van der Waals surface area contributed by atoms with E-state index in [1.807, 2.05) is 6.92 Å². The van der Waals surface area contributed by atoms with Gasteiger partial charge in [-0.05, 0) is 48.4 Å². The molecule has 0 aliphatic heterocycles. The van der Waals surface area contributed by atoms with Crippen LogP contribution < -0.4 is 24.4 Å². The summed E-state index contributed by atoms with van der Waals surface area (Å²) in [5.74, 6) is 0.774. The number of benzene rings is 2. The Balaban J connectivity index is 2.03. The van der Waals surface area contributed by atoms with Crippen molar-refractivity contribution in [1.82, 2.24) is 5.43 Å². The summed E-state index contributed by atoms with van der Waals surface area (Å²) in [6, 6.07) is 9.75. The number of rotatable bonds is 10. The van der Waals surface area contributed by atoms with Gasteiger partial charge in [-0.3, -0.25) is 4.79 Å². The first-order valence-electron chi connectivity index (χ1n) is 9.46. The second kappa shape index (κ2) is 11.5. The summed E-state index contributed by atoms with van der Waals surface area (Å²) in [6.45, 7) is 2.02. The van der Waals surface area contributed by atoms with Crippen molar-refractivity contribution in [1.29, 1.82) is 0 Å². The smallest absolute Gasteiger partial charge is 0.343 e. The number of nitrogens with one attached hydrogen (secondary N) is 1. The van der Waals surface area contributed by atoms with Crippen molar-refractivity contribution in [2.24, 2.45) is 5.10 Å². The fourth-order valence-corrected chi connectivity index (χ4v) is 2.56. The van der Waals surface area contributed by atoms with Gasteiger partial charge in [0.25, 0.3) is 0 Å². The van der Waals surface area contributed by atoms with Gasteiger partial charge in [-0.25, -0.2) is 10.2 Å². The van der Waals surface area contributed by atoms with E-state index in [-0.39, 0.29) is 11.5 Å². The van der Waals surface area contributed by atoms with Gasteiger partial charge < -0.3 is 18.9 Å². The van der Waals surface area contributed by atoms with Crippen molar-refractivity contribution in [2.75, 3.05) is 21.3 Å². The first kappa shape index (κ1) is 22.7. The molecule has 2 rings (SSSR count). The lowest BCUT2D eigenvalue weighted by molar-refractivity contribution is -0.121. The largest absolute Gasteiger partial charge is 0.493 e. The molecule has 0 unspecified atom stereocenters. The highest BCUT2D eigenvalue weighted by Crippen LogP contribution is 2.38. The number of hydrazone groups is 1. The van der Waals surface area contributed by atoms with Gasteiger partial charge in [0.15, 0.2) is 11.5 Å². The number of hydrogen-bond donors (Lipinski definition) is 1. The normalized spacial score (nSPS) is 10.5. The lowest BCUT2D eigenvalue weighted by Crippen LogP contribution is -2.16. The van der Waals surface area contributed by atoms with E-state index < -0.39 is 5.97 Å². The molecule has 1 N–H and O–H groups in total. The maximum absolute atomic E-state index is 12.5. The summed E-state index contributed by atoms with van der Waals surface area (Å²) in [6.07, 6.45) is 3.75. The number of hydrogen-bond acceptors (Lipinski definition) is 7. The number of unbranched alkanes of at least 4 members (excludes halogenated alkanes) is 1. The minimum Gasteiger partial charge on any atom is -0.493 e. The van der Waals surface area contributed by atoms with E-state index in [4.69, 9.17) is 18.9 Å². The quantitative estimate of drug-likeness (QED) is 0.276. The van der Waals surface area contributed by atoms with E-state index in [2.05, 4.69) is 10.5 Å². The Morgan fingerprint density at radius 3 is 2.17 bits per heavy atom. The molecule has 1 amide bonds. The lowest BCUT2D eigenvalue weighted by Gasteiger charge is -2.13. The first-order chi connectivity index (χ1) is 14.5. The molecule has 0 aliphatic carbocycles. The molecule has 160 valence electrons. The molecule has 2 aromatic carbocycles. The Kier molecular flexibility index (Phi) is 8.68. The Labute approximate surface area is 175 Å². The number of nitrogens with zero attached hydrogens (tertiary/aromatic N) is 1. The molecule has 0 bridgehead atoms. The Hall–Kier alpha value is -3.55. The molecule has 0 fully saturated rings. The zero-order valence-electron chi connectivity index (χ0n) is 17.6. The van der Waals surface area contributed by atoms with Crippen LogP contribution in [0.4, 0.5) is 0 Å². The van der Waals surface area contributed by atoms with Crippen molar-refractivity contribution >= 4 is 18.1 Å². The third kappa shape index (κ3) is 6.23. The third-order valence-corrected chi connectivity index (χ3v) is 4.15. The predicted molar refractivity (Wildman–Crippen MR) is 113 cm³/mol. The van der Waals surface area contributed by atoms with E-state index >= 15 is 0 Å². The molecule has 0 radical (unpaired) electrons. The van der Waals surface area contributed by atoms with E-state index in [1.165, 1.54) is 39.7 Å². The summed E-state index contributed by atoms with van der Waals surface area (Å²) in [7, 11) is 4.43. The van der Waals surface area contributed by atoms with Crippen LogP contribution >= 0.6 is 0 Å². The zero-order chi connectivity index (χ0) is 21.9. The molecular formula is C22H26N2O6. The predicted octanol–water partition coefficient (Wildman–Crippen LogP) is 3.57. The van der Waals surface area contributed by atoms with Gasteiger partial charge >= 0.3 is 5.97 Å². The topological polar surface area (TPSA) is 95.5 Å². The first-order valence-corrected chi connectivity index (χ1v) is 9.46. The molecular weight excluding hydrogens is 388 g/mol. The molecule has 0 saturated carbocycles. The van der Waals surface area contributed by atoms with E-state index in [9.17, 15) is 9.59 Å². The number of carbonyl (C=O) groups excluding carboxylic acids is 2. The molecule has 0 heterocycles. The SMILES string of the molecule is CCCCC(=O)N/N=C\c1ccc(OC(=O)c2cc(OC)c(OC)c(OC)c2)cc1. The maximum atomic E-state index is 12.5. The molecule has 8 nitrogen and oxygen atoms in total. The van der Waals surface area contributed by atoms with Gasteiger partial charge in [0.2, 0.25) is 11.7 Å². The summed E-state index contributed by atoms with van der Waals surface area (Å²) < 4.78 is 21.2. The Morgan fingerprint density at radius 1 is 1.00 bits per heavy atom. The monoisotopic (exact) mass is 414 g/mol. The summed E-state index contributed by atoms with van der Waals surface area (Å²) in [5, 5.41) is 3.92. The Bertz CT molecular complexity index is 868. The van der Waals surface area contributed by atoms with Gasteiger partial charge in [0, 0.05) is 6.42 Å². The van der Waals surface area contributed by atoms with E-state index in [1.54, 1.807) is 24.3 Å². The standard InChI is InChI=1S/C22H26N2O6/c1-5-6-7-20(25)24-23-14-15-8-10-17(11-9-15)30-22(26)16-12-18(27-2)21(29-4)19(13-16)28-3/h8-14H,5-7H2,1-4H3,(H,24,25)/b23-14-. The fourth-order valence-electron chi connectivity index (χ4n) is 2.56. The van der Waals surface area contributed by atoms with Gasteiger partial charge in [0.05, 0.1) is 33.1 Å². The Morgan fingerprint density at radius 2 is 1.63 bits per heavy atom. The van der Waals surface area contributed by atoms with Crippen LogP contribution in [0, 0.1) is 0 Å². The average Bonchev–Trinajstić information content (AvgIpc) is 2.77. The van der Waals surface area contributed by atoms with Crippen LogP contribution in [0.25, 0.3) is 0 Å². The summed E-state index contributed by atoms with van der Waals surface area (Å²) in [4.78, 5) is 24.0. The van der Waals surface area contributed by atoms with Crippen LogP contribution in [-0.2, 0) is 4.79 Å². The fraction of sp³-hybridized carbons (Fsp3) is 0.318. The van der Waals surface area contributed by atoms with Crippen LogP contribution in [0.15, 0.2) is 41.5 Å². The highest BCUT2D eigenvalue weighted by molar-refractivity contribution is 5.93. The van der Waals surface area contributed by atoms with Crippen LogP contribution in [0.5, 0.6) is 23.0 Å². The van der Waals surface area contributed by atoms with E-state index in [0.717, 1.165) is 18.4 Å². The van der Waals surface area contributed by atoms with Crippen molar-refractivity contribution < 1.29 is 28.5 Å². The van der Waals surface area contributed by atoms with Gasteiger partial charge in [-0.2, -0.15) is 5.10 Å². The molecule has 0 saturated heterocycles. The minimum absolute atomic E-state index is 0.121. The highest BCUT2D eigenvalue weighted by Gasteiger charge is 2.18. The number of esters is 1. The van der Waals surface area contributed by atoms with Crippen molar-refractivity contribution in [3.05, 3.63) is 47.5 Å². The number of ether oxygens (including phenoxy) is 4. The lowest BCUT2D eigenvalue weighted by atomic mass is 10.2. The van der Waals surface area contributed by atoms with Gasteiger partial charge in [-0.1, -0.05) is 13.3 Å². The zero-order valence-corrected chi connectivity index (χ0v) is 17.6. The van der Waals surface area contributed by atoms with Crippen LogP contribution in [0.2, 0.25) is 0 Å². The van der Waals surface area contributed by atoms with Crippen LogP contribution in [0.1, 0.15) is 42.1 Å². The van der Waals surface area contributed by atoms with Crippen LogP contribution in [-0.4, -0.2) is 39.4 Å². The van der Waals surface area contributed by atoms with Gasteiger partial charge in [0.1, 0.15) is 5.75 Å². The molecule has 0 atom stereocenters. The molecule has 0 aromatic heterocycles. The molecule has 30 heavy (non-hydrogen) atoms. The van der Waals surface area contributed by atoms with Crippen molar-refractivity contribution in [3.8, 4) is 23.0 Å². The highest BCUT2D eigenvalue weighted by atomic mass is 16.5. The summed E-state index contributed by atoms with van der Waals surface area (Å²) >= 11 is 0. The average molecular weight is 414 g/mol. The number of carbonyl (C=O) groups is 2. The maximum Gasteiger partial charge on any atom is 0.343 e. The van der Waals surface area contributed by atoms with Crippen LogP contribution in [0.3, 0.4) is 0 Å². The summed E-state index contributed by atoms with van der Waals surface area (Å²) in [5.41, 5.74) is 3.48.